The molecule has 1 fully saturated rings. The van der Waals surface area contributed by atoms with Gasteiger partial charge < -0.3 is 19.5 Å². The minimum absolute atomic E-state index is 0.0648. The first-order valence-electron chi connectivity index (χ1n) is 17.6. The standard InChI is InChI=1S/C38H51ClN2O6S/c1-23(2)34(42)20-38(46-5)17-7-8-24(3)25(4)48(44,45)40-37(43)27-12-16-35-33(19-27)41(21-28-11-15-32(28)38)22-29-10-6-9-26-18-30(39)13-14-31(26)36(29)47-35/h7,12-14,16-19,23-25,28-29,32,34,36,42H,6,8-11,15,20-22H2,1-5H3,(H,40,43)/b17-7+/t24-,25+,28-,29+,32+,34+,36?,38-/m0/s1. The fourth-order valence-electron chi connectivity index (χ4n) is 8.25. The summed E-state index contributed by atoms with van der Waals surface area (Å²) in [5.74, 6) is 0.467. The summed E-state index contributed by atoms with van der Waals surface area (Å²) in [5, 5.41) is 11.1. The van der Waals surface area contributed by atoms with Crippen LogP contribution in [0.3, 0.4) is 0 Å². The third-order valence-electron chi connectivity index (χ3n) is 11.7. The Balaban J connectivity index is 1.45. The highest BCUT2D eigenvalue weighted by molar-refractivity contribution is 7.90. The highest BCUT2D eigenvalue weighted by atomic mass is 35.5. The van der Waals surface area contributed by atoms with Gasteiger partial charge in [-0.05, 0) is 111 Å². The van der Waals surface area contributed by atoms with E-state index >= 15 is 0 Å². The molecule has 6 rings (SSSR count). The first-order chi connectivity index (χ1) is 22.8. The molecule has 2 aromatic rings. The zero-order valence-corrected chi connectivity index (χ0v) is 30.4. The number of methoxy groups -OCH3 is 1. The molecule has 8 atom stereocenters. The molecule has 2 aromatic carbocycles. The SMILES string of the molecule is CO[C@]1(C[C@@H](O)C(C)C)/C=C/C[C@H](C)[C@@H](C)S(=O)(=O)NC(=O)c2ccc3c(c2)N(C[C@H]2CCCc4cc(Cl)ccc4C2O3)C[C@@H]2CC[C@H]21. The summed E-state index contributed by atoms with van der Waals surface area (Å²) in [6, 6.07) is 11.4. The van der Waals surface area contributed by atoms with Crippen LogP contribution in [0, 0.1) is 29.6 Å². The molecule has 8 nitrogen and oxygen atoms in total. The van der Waals surface area contributed by atoms with Crippen LogP contribution in [-0.4, -0.2) is 56.6 Å². The summed E-state index contributed by atoms with van der Waals surface area (Å²) in [6.07, 6.45) is 9.26. The van der Waals surface area contributed by atoms with Crippen LogP contribution in [0.25, 0.3) is 0 Å². The minimum atomic E-state index is -3.97. The highest BCUT2D eigenvalue weighted by Gasteiger charge is 2.49. The molecule has 10 heteroatoms. The van der Waals surface area contributed by atoms with Crippen molar-refractivity contribution in [2.75, 3.05) is 25.1 Å². The van der Waals surface area contributed by atoms with Crippen molar-refractivity contribution in [3.8, 4) is 5.75 Å². The van der Waals surface area contributed by atoms with E-state index in [9.17, 15) is 18.3 Å². The van der Waals surface area contributed by atoms with Crippen LogP contribution in [0.4, 0.5) is 5.69 Å². The number of sulfonamides is 1. The molecule has 2 aliphatic heterocycles. The number of carbonyl (C=O) groups excluding carboxylic acids is 1. The number of amides is 1. The largest absolute Gasteiger partial charge is 0.483 e. The number of nitrogens with zero attached hydrogens (tertiary/aromatic N) is 1. The van der Waals surface area contributed by atoms with Gasteiger partial charge in [0, 0.05) is 43.1 Å². The van der Waals surface area contributed by atoms with Crippen molar-refractivity contribution in [3.05, 3.63) is 70.3 Å². The lowest BCUT2D eigenvalue weighted by atomic mass is 9.62. The Morgan fingerprint density at radius 3 is 2.58 bits per heavy atom. The number of hydrogen-bond acceptors (Lipinski definition) is 7. The lowest BCUT2D eigenvalue weighted by Crippen LogP contribution is -2.53. The number of rotatable bonds is 4. The Kier molecular flexibility index (Phi) is 10.3. The number of fused-ring (bicyclic) bond motifs is 5. The third-order valence-corrected chi connectivity index (χ3v) is 13.9. The number of halogens is 1. The molecule has 2 bridgehead atoms. The molecule has 2 N–H and O–H groups in total. The van der Waals surface area contributed by atoms with Crippen molar-refractivity contribution in [1.82, 2.24) is 4.72 Å². The number of benzene rings is 2. The van der Waals surface area contributed by atoms with Crippen LogP contribution in [-0.2, 0) is 21.2 Å². The minimum Gasteiger partial charge on any atom is -0.483 e. The van der Waals surface area contributed by atoms with Gasteiger partial charge in [-0.15, -0.1) is 0 Å². The number of aliphatic hydroxyl groups excluding tert-OH is 1. The number of anilines is 1. The van der Waals surface area contributed by atoms with E-state index < -0.39 is 32.9 Å². The average molecular weight is 699 g/mol. The lowest BCUT2D eigenvalue weighted by molar-refractivity contribution is -0.103. The summed E-state index contributed by atoms with van der Waals surface area (Å²) >= 11 is 6.42. The number of allylic oxidation sites excluding steroid dienone is 1. The van der Waals surface area contributed by atoms with Crippen LogP contribution in [0.5, 0.6) is 5.75 Å². The molecule has 1 unspecified atom stereocenters. The van der Waals surface area contributed by atoms with Crippen molar-refractivity contribution in [3.63, 3.8) is 0 Å². The summed E-state index contributed by atoms with van der Waals surface area (Å²) in [7, 11) is -2.23. The number of nitrogens with one attached hydrogen (secondary N) is 1. The molecule has 0 radical (unpaired) electrons. The Labute approximate surface area is 291 Å². The van der Waals surface area contributed by atoms with Gasteiger partial charge in [0.25, 0.3) is 5.91 Å². The normalized spacial score (nSPS) is 33.0. The molecular formula is C38H51ClN2O6S. The highest BCUT2D eigenvalue weighted by Crippen LogP contribution is 2.50. The van der Waals surface area contributed by atoms with E-state index in [1.54, 1.807) is 26.2 Å². The Bertz CT molecular complexity index is 1650. The van der Waals surface area contributed by atoms with Gasteiger partial charge in [0.1, 0.15) is 11.9 Å². The van der Waals surface area contributed by atoms with Gasteiger partial charge in [0.05, 0.1) is 22.6 Å². The molecule has 48 heavy (non-hydrogen) atoms. The Morgan fingerprint density at radius 2 is 1.88 bits per heavy atom. The maximum Gasteiger partial charge on any atom is 0.264 e. The van der Waals surface area contributed by atoms with Crippen molar-refractivity contribution >= 4 is 33.2 Å². The monoisotopic (exact) mass is 698 g/mol. The zero-order chi connectivity index (χ0) is 34.4. The van der Waals surface area contributed by atoms with E-state index in [0.29, 0.717) is 18.6 Å². The first kappa shape index (κ1) is 35.2. The maximum absolute atomic E-state index is 13.5. The molecule has 2 aliphatic carbocycles. The predicted molar refractivity (Wildman–Crippen MR) is 190 cm³/mol. The van der Waals surface area contributed by atoms with Gasteiger partial charge in [-0.25, -0.2) is 13.1 Å². The molecule has 1 amide bonds. The topological polar surface area (TPSA) is 105 Å². The summed E-state index contributed by atoms with van der Waals surface area (Å²) in [6.45, 7) is 9.03. The number of hydrogen-bond donors (Lipinski definition) is 2. The fourth-order valence-corrected chi connectivity index (χ4v) is 9.73. The molecule has 0 aromatic heterocycles. The molecule has 0 spiro atoms. The second kappa shape index (κ2) is 14.0. The predicted octanol–water partition coefficient (Wildman–Crippen LogP) is 7.10. The number of ether oxygens (including phenoxy) is 2. The molecule has 1 saturated carbocycles. The Morgan fingerprint density at radius 1 is 1.10 bits per heavy atom. The van der Waals surface area contributed by atoms with E-state index in [4.69, 9.17) is 21.1 Å². The van der Waals surface area contributed by atoms with Gasteiger partial charge in [-0.2, -0.15) is 0 Å². The second-order valence-electron chi connectivity index (χ2n) is 15.0. The smallest absolute Gasteiger partial charge is 0.264 e. The van der Waals surface area contributed by atoms with Crippen LogP contribution in [0.1, 0.15) is 93.8 Å². The quantitative estimate of drug-likeness (QED) is 0.329. The van der Waals surface area contributed by atoms with Gasteiger partial charge in [0.2, 0.25) is 10.0 Å². The van der Waals surface area contributed by atoms with E-state index in [2.05, 4.69) is 27.8 Å². The van der Waals surface area contributed by atoms with Crippen LogP contribution in [0.15, 0.2) is 48.6 Å². The van der Waals surface area contributed by atoms with E-state index in [1.807, 2.05) is 39.0 Å². The van der Waals surface area contributed by atoms with Crippen LogP contribution in [0.2, 0.25) is 5.02 Å². The summed E-state index contributed by atoms with van der Waals surface area (Å²) in [5.41, 5.74) is 2.74. The third kappa shape index (κ3) is 6.90. The van der Waals surface area contributed by atoms with Gasteiger partial charge in [0.15, 0.2) is 0 Å². The molecule has 0 saturated heterocycles. The van der Waals surface area contributed by atoms with Crippen molar-refractivity contribution in [2.45, 2.75) is 95.7 Å². The van der Waals surface area contributed by atoms with Crippen molar-refractivity contribution in [1.29, 1.82) is 0 Å². The fraction of sp³-hybridized carbons (Fsp3) is 0.605. The van der Waals surface area contributed by atoms with Gasteiger partial charge in [-0.1, -0.05) is 50.6 Å². The molecule has 2 heterocycles. The second-order valence-corrected chi connectivity index (χ2v) is 17.5. The number of carbonyl (C=O) groups is 1. The van der Waals surface area contributed by atoms with E-state index in [1.165, 1.54) is 5.56 Å². The molecular weight excluding hydrogens is 648 g/mol. The zero-order valence-electron chi connectivity index (χ0n) is 28.8. The summed E-state index contributed by atoms with van der Waals surface area (Å²) in [4.78, 5) is 15.9. The van der Waals surface area contributed by atoms with Crippen LogP contribution < -0.4 is 14.4 Å². The van der Waals surface area contributed by atoms with Gasteiger partial charge >= 0.3 is 0 Å². The van der Waals surface area contributed by atoms with E-state index in [-0.39, 0.29) is 41.3 Å². The number of aliphatic hydroxyl groups is 1. The number of aryl methyl sites for hydroxylation is 1. The first-order valence-corrected chi connectivity index (χ1v) is 19.5. The molecule has 262 valence electrons. The van der Waals surface area contributed by atoms with Crippen LogP contribution >= 0.6 is 11.6 Å². The average Bonchev–Trinajstić information content (AvgIpc) is 3.28. The van der Waals surface area contributed by atoms with Crippen molar-refractivity contribution < 1.29 is 27.8 Å². The van der Waals surface area contributed by atoms with Crippen molar-refractivity contribution in [2.24, 2.45) is 29.6 Å². The maximum atomic E-state index is 13.5. The van der Waals surface area contributed by atoms with Gasteiger partial charge in [-0.3, -0.25) is 4.79 Å². The Hall–Kier alpha value is -2.59. The summed E-state index contributed by atoms with van der Waals surface area (Å²) < 4.78 is 42.6. The molecule has 4 aliphatic rings. The van der Waals surface area contributed by atoms with E-state index in [0.717, 1.165) is 61.5 Å². The lowest BCUT2D eigenvalue weighted by Gasteiger charge is -2.51.